The Morgan fingerprint density at radius 2 is 1.40 bits per heavy atom. The summed E-state index contributed by atoms with van der Waals surface area (Å²) in [5.41, 5.74) is -0.222. The van der Waals surface area contributed by atoms with Crippen LogP contribution in [0.1, 0.15) is 0 Å². The van der Waals surface area contributed by atoms with Gasteiger partial charge in [0.1, 0.15) is 16.9 Å². The molecule has 0 atom stereocenters. The molecule has 0 saturated carbocycles. The van der Waals surface area contributed by atoms with Gasteiger partial charge in [0.2, 0.25) is 28.4 Å². The molecule has 1 heterocycles. The zero-order valence-corrected chi connectivity index (χ0v) is 17.4. The Balaban J connectivity index is 2.51. The van der Waals surface area contributed by atoms with E-state index in [1.807, 2.05) is 0 Å². The zero-order chi connectivity index (χ0) is 22.0. The summed E-state index contributed by atoms with van der Waals surface area (Å²) in [7, 11) is 8.42. The van der Waals surface area contributed by atoms with E-state index in [0.717, 1.165) is 0 Å². The van der Waals surface area contributed by atoms with Crippen molar-refractivity contribution in [3.05, 3.63) is 28.4 Å². The fourth-order valence-electron chi connectivity index (χ4n) is 3.23. The van der Waals surface area contributed by atoms with Crippen LogP contribution in [-0.4, -0.2) is 47.8 Å². The van der Waals surface area contributed by atoms with Crippen molar-refractivity contribution in [3.8, 4) is 51.6 Å². The normalized spacial score (nSPS) is 10.6. The number of aromatic hydroxyl groups is 1. The summed E-state index contributed by atoms with van der Waals surface area (Å²) in [6, 6.07) is 4.99. The van der Waals surface area contributed by atoms with Crippen LogP contribution in [0, 0.1) is 0 Å². The molecule has 0 unspecified atom stereocenters. The van der Waals surface area contributed by atoms with Crippen LogP contribution >= 0.6 is 0 Å². The minimum absolute atomic E-state index is 0.0358. The van der Waals surface area contributed by atoms with E-state index in [2.05, 4.69) is 0 Å². The van der Waals surface area contributed by atoms with E-state index in [1.54, 1.807) is 18.2 Å². The van der Waals surface area contributed by atoms with Crippen molar-refractivity contribution in [3.63, 3.8) is 0 Å². The first-order valence-electron chi connectivity index (χ1n) is 8.75. The lowest BCUT2D eigenvalue weighted by Crippen LogP contribution is -2.10. The largest absolute Gasteiger partial charge is 0.504 e. The smallest absolute Gasteiger partial charge is 0.239 e. The van der Waals surface area contributed by atoms with Crippen molar-refractivity contribution in [1.82, 2.24) is 0 Å². The van der Waals surface area contributed by atoms with Gasteiger partial charge in [-0.25, -0.2) is 0 Å². The summed E-state index contributed by atoms with van der Waals surface area (Å²) >= 11 is 0. The molecule has 0 aliphatic rings. The summed E-state index contributed by atoms with van der Waals surface area (Å²) in [4.78, 5) is 13.3. The molecule has 0 aliphatic carbocycles. The van der Waals surface area contributed by atoms with E-state index in [0.29, 0.717) is 17.1 Å². The second-order valence-corrected chi connectivity index (χ2v) is 6.01. The molecule has 30 heavy (non-hydrogen) atoms. The van der Waals surface area contributed by atoms with Gasteiger partial charge in [-0.3, -0.25) is 4.79 Å². The Bertz CT molecular complexity index is 1150. The number of phenolic OH excluding ortho intramolecular Hbond substituents is 1. The number of benzene rings is 2. The van der Waals surface area contributed by atoms with Gasteiger partial charge in [-0.2, -0.15) is 0 Å². The van der Waals surface area contributed by atoms with Gasteiger partial charge in [0.25, 0.3) is 0 Å². The van der Waals surface area contributed by atoms with Crippen LogP contribution in [0.2, 0.25) is 0 Å². The number of phenols is 1. The van der Waals surface area contributed by atoms with E-state index in [-0.39, 0.29) is 39.7 Å². The highest BCUT2D eigenvalue weighted by molar-refractivity contribution is 5.96. The maximum Gasteiger partial charge on any atom is 0.239 e. The van der Waals surface area contributed by atoms with Crippen LogP contribution in [0.4, 0.5) is 0 Å². The predicted molar refractivity (Wildman–Crippen MR) is 109 cm³/mol. The molecule has 0 spiro atoms. The van der Waals surface area contributed by atoms with E-state index in [4.69, 9.17) is 32.8 Å². The first-order chi connectivity index (χ1) is 14.5. The molecule has 9 heteroatoms. The van der Waals surface area contributed by atoms with E-state index < -0.39 is 11.2 Å². The van der Waals surface area contributed by atoms with Gasteiger partial charge < -0.3 is 37.9 Å². The fourth-order valence-corrected chi connectivity index (χ4v) is 3.23. The van der Waals surface area contributed by atoms with Crippen LogP contribution in [0.15, 0.2) is 27.4 Å². The molecule has 160 valence electrons. The summed E-state index contributed by atoms with van der Waals surface area (Å²) < 4.78 is 38.0. The lowest BCUT2D eigenvalue weighted by atomic mass is 10.1. The third-order valence-corrected chi connectivity index (χ3v) is 4.61. The number of hydrogen-bond donors (Lipinski definition) is 1. The summed E-state index contributed by atoms with van der Waals surface area (Å²) in [5.74, 6) is 0.533. The molecule has 1 aromatic heterocycles. The Morgan fingerprint density at radius 1 is 0.767 bits per heavy atom. The van der Waals surface area contributed by atoms with Crippen molar-refractivity contribution in [2.24, 2.45) is 0 Å². The van der Waals surface area contributed by atoms with Crippen LogP contribution in [0.25, 0.3) is 22.3 Å². The lowest BCUT2D eigenvalue weighted by Gasteiger charge is -2.18. The molecule has 3 rings (SSSR count). The van der Waals surface area contributed by atoms with Crippen molar-refractivity contribution in [2.75, 3.05) is 42.7 Å². The number of hydrogen-bond acceptors (Lipinski definition) is 9. The van der Waals surface area contributed by atoms with Gasteiger partial charge in [0.05, 0.1) is 48.2 Å². The minimum atomic E-state index is -0.622. The average molecular weight is 418 g/mol. The molecule has 0 amide bonds. The van der Waals surface area contributed by atoms with E-state index >= 15 is 0 Å². The maximum atomic E-state index is 13.3. The van der Waals surface area contributed by atoms with Gasteiger partial charge >= 0.3 is 0 Å². The van der Waals surface area contributed by atoms with Crippen LogP contribution in [0.3, 0.4) is 0 Å². The molecular formula is C21H22O9. The number of fused-ring (bicyclic) bond motifs is 1. The molecular weight excluding hydrogens is 396 g/mol. The molecule has 0 fully saturated rings. The minimum Gasteiger partial charge on any atom is -0.504 e. The highest BCUT2D eigenvalue weighted by atomic mass is 16.5. The number of ether oxygens (including phenoxy) is 6. The third-order valence-electron chi connectivity index (χ3n) is 4.61. The highest BCUT2D eigenvalue weighted by Gasteiger charge is 2.30. The maximum absolute atomic E-state index is 13.3. The van der Waals surface area contributed by atoms with E-state index in [1.165, 1.54) is 42.7 Å². The Labute approximate surface area is 172 Å². The van der Waals surface area contributed by atoms with E-state index in [9.17, 15) is 9.90 Å². The molecule has 0 bridgehead atoms. The molecule has 0 radical (unpaired) electrons. The summed E-state index contributed by atoms with van der Waals surface area (Å²) in [6.07, 6.45) is 0. The molecule has 1 N–H and O–H groups in total. The van der Waals surface area contributed by atoms with Crippen LogP contribution in [0.5, 0.6) is 40.2 Å². The zero-order valence-electron chi connectivity index (χ0n) is 17.4. The van der Waals surface area contributed by atoms with Crippen molar-refractivity contribution < 1.29 is 37.9 Å². The summed E-state index contributed by atoms with van der Waals surface area (Å²) in [6.45, 7) is 0. The number of rotatable bonds is 7. The molecule has 2 aromatic carbocycles. The number of methoxy groups -OCH3 is 6. The lowest BCUT2D eigenvalue weighted by molar-refractivity contribution is 0.310. The highest BCUT2D eigenvalue weighted by Crippen LogP contribution is 2.51. The second-order valence-electron chi connectivity index (χ2n) is 6.01. The quantitative estimate of drug-likeness (QED) is 0.619. The second kappa shape index (κ2) is 8.32. The van der Waals surface area contributed by atoms with Gasteiger partial charge in [-0.1, -0.05) is 0 Å². The first kappa shape index (κ1) is 21.0. The molecule has 3 aromatic rings. The van der Waals surface area contributed by atoms with Crippen molar-refractivity contribution in [2.45, 2.75) is 0 Å². The monoisotopic (exact) mass is 418 g/mol. The molecule has 0 saturated heterocycles. The Kier molecular flexibility index (Phi) is 5.81. The van der Waals surface area contributed by atoms with Crippen molar-refractivity contribution in [1.29, 1.82) is 0 Å². The van der Waals surface area contributed by atoms with Gasteiger partial charge in [0, 0.05) is 6.07 Å². The Hall–Kier alpha value is -3.75. The predicted octanol–water partition coefficient (Wildman–Crippen LogP) is 3.22. The third kappa shape index (κ3) is 3.08. The van der Waals surface area contributed by atoms with Crippen LogP contribution < -0.4 is 33.8 Å². The summed E-state index contributed by atoms with van der Waals surface area (Å²) in [5, 5.41) is 10.5. The van der Waals surface area contributed by atoms with Crippen molar-refractivity contribution >= 4 is 11.0 Å². The van der Waals surface area contributed by atoms with Gasteiger partial charge in [0.15, 0.2) is 17.1 Å². The fraction of sp³-hybridized carbons (Fsp3) is 0.286. The molecule has 9 nitrogen and oxygen atoms in total. The van der Waals surface area contributed by atoms with Gasteiger partial charge in [-0.05, 0) is 12.1 Å². The van der Waals surface area contributed by atoms with Gasteiger partial charge in [-0.15, -0.1) is 0 Å². The Morgan fingerprint density at radius 3 is 1.93 bits per heavy atom. The molecule has 0 aliphatic heterocycles. The first-order valence-corrected chi connectivity index (χ1v) is 8.75. The average Bonchev–Trinajstić information content (AvgIpc) is 2.77. The van der Waals surface area contributed by atoms with Crippen LogP contribution in [-0.2, 0) is 0 Å². The standard InChI is InChI=1S/C21H22O9/c1-24-10-7-8-11(12(9-10)25-2)16-18(26-3)14(22)13-15(23)19(27-4)21(29-6)20(28-5)17(13)30-16/h7-9,23H,1-6H3. The topological polar surface area (TPSA) is 106 Å². The SMILES string of the molecule is COc1ccc(-c2oc3c(OC)c(OC)c(OC)c(O)c3c(=O)c2OC)c(OC)c1.